The lowest BCUT2D eigenvalue weighted by atomic mass is 10.2. The van der Waals surface area contributed by atoms with E-state index in [1.54, 1.807) is 4.90 Å². The molecule has 164 valence electrons. The van der Waals surface area contributed by atoms with Gasteiger partial charge in [0.05, 0.1) is 39.9 Å². The molecule has 0 N–H and O–H groups in total. The lowest BCUT2D eigenvalue weighted by molar-refractivity contribution is -0.384. The summed E-state index contributed by atoms with van der Waals surface area (Å²) in [5, 5.41) is 10.6. The van der Waals surface area contributed by atoms with Crippen LogP contribution in [0.3, 0.4) is 0 Å². The SMILES string of the molecule is O=C(OCc1ccc([N+](=O)[O-])cc1)C1=C(SCC(=O)N2CCOCC2)S[C@@H]2CC(=O)N12. The molecule has 10 nitrogen and oxygen atoms in total. The monoisotopic (exact) mass is 465 g/mol. The molecular formula is C19H19N3O7S2. The van der Waals surface area contributed by atoms with Crippen molar-refractivity contribution in [1.82, 2.24) is 9.80 Å². The molecule has 4 rings (SSSR count). The van der Waals surface area contributed by atoms with Crippen molar-refractivity contribution in [2.75, 3.05) is 32.1 Å². The van der Waals surface area contributed by atoms with Crippen LogP contribution in [0, 0.1) is 10.1 Å². The summed E-state index contributed by atoms with van der Waals surface area (Å²) >= 11 is 2.63. The van der Waals surface area contributed by atoms with E-state index >= 15 is 0 Å². The summed E-state index contributed by atoms with van der Waals surface area (Å²) in [6, 6.07) is 5.69. The predicted molar refractivity (Wildman–Crippen MR) is 113 cm³/mol. The van der Waals surface area contributed by atoms with Gasteiger partial charge in [0.1, 0.15) is 6.61 Å². The van der Waals surface area contributed by atoms with E-state index in [9.17, 15) is 24.5 Å². The lowest BCUT2D eigenvalue weighted by Crippen LogP contribution is -2.48. The van der Waals surface area contributed by atoms with Crippen molar-refractivity contribution < 1.29 is 28.8 Å². The van der Waals surface area contributed by atoms with Crippen molar-refractivity contribution in [1.29, 1.82) is 0 Å². The van der Waals surface area contributed by atoms with E-state index in [0.29, 0.717) is 42.5 Å². The van der Waals surface area contributed by atoms with Gasteiger partial charge in [-0.15, -0.1) is 11.8 Å². The number of rotatable bonds is 7. The van der Waals surface area contributed by atoms with Crippen molar-refractivity contribution in [3.8, 4) is 0 Å². The fourth-order valence-corrected chi connectivity index (χ4v) is 5.91. The Labute approximate surface area is 186 Å². The second-order valence-corrected chi connectivity index (χ2v) is 9.39. The molecule has 3 heterocycles. The quantitative estimate of drug-likeness (QED) is 0.256. The number of thioether (sulfide) groups is 2. The number of hydrogen-bond acceptors (Lipinski definition) is 9. The molecule has 3 aliphatic heterocycles. The van der Waals surface area contributed by atoms with Gasteiger partial charge >= 0.3 is 5.97 Å². The zero-order chi connectivity index (χ0) is 22.0. The fraction of sp³-hybridized carbons (Fsp3) is 0.421. The first kappa shape index (κ1) is 21.7. The zero-order valence-corrected chi connectivity index (χ0v) is 18.0. The molecule has 31 heavy (non-hydrogen) atoms. The summed E-state index contributed by atoms with van der Waals surface area (Å²) in [5.74, 6) is -0.686. The number of morpholine rings is 1. The molecule has 1 aromatic carbocycles. The number of ether oxygens (including phenoxy) is 2. The van der Waals surface area contributed by atoms with Gasteiger partial charge < -0.3 is 14.4 Å². The van der Waals surface area contributed by atoms with Gasteiger partial charge in [-0.25, -0.2) is 4.79 Å². The molecule has 12 heteroatoms. The van der Waals surface area contributed by atoms with Gasteiger partial charge in [-0.1, -0.05) is 11.8 Å². The number of fused-ring (bicyclic) bond motifs is 1. The third-order valence-electron chi connectivity index (χ3n) is 4.98. The minimum absolute atomic E-state index is 0.0411. The van der Waals surface area contributed by atoms with Crippen LogP contribution in [0.4, 0.5) is 5.69 Å². The molecule has 3 aliphatic rings. The maximum Gasteiger partial charge on any atom is 0.357 e. The minimum atomic E-state index is -0.650. The molecule has 0 bridgehead atoms. The lowest BCUT2D eigenvalue weighted by Gasteiger charge is -2.34. The number of carbonyl (C=O) groups is 3. The topological polar surface area (TPSA) is 119 Å². The standard InChI is InChI=1S/C19H19N3O7S2/c23-14-9-16-21(14)17(18(25)29-10-12-1-3-13(4-2-12)22(26)27)19(31-16)30-11-15(24)20-5-7-28-8-6-20/h1-4,16H,5-11H2/t16-/m1/s1. The van der Waals surface area contributed by atoms with Crippen molar-refractivity contribution in [3.63, 3.8) is 0 Å². The second-order valence-electron chi connectivity index (χ2n) is 6.96. The second kappa shape index (κ2) is 9.28. The molecule has 2 amide bonds. The van der Waals surface area contributed by atoms with Crippen LogP contribution in [0.15, 0.2) is 34.2 Å². The van der Waals surface area contributed by atoms with Crippen LogP contribution >= 0.6 is 23.5 Å². The van der Waals surface area contributed by atoms with Gasteiger partial charge in [-0.3, -0.25) is 24.6 Å². The Bertz CT molecular complexity index is 944. The number of nitrogens with zero attached hydrogens (tertiary/aromatic N) is 3. The average molecular weight is 466 g/mol. The molecule has 1 atom stereocenters. The average Bonchev–Trinajstić information content (AvgIpc) is 3.08. The van der Waals surface area contributed by atoms with Crippen molar-refractivity contribution in [3.05, 3.63) is 49.9 Å². The summed E-state index contributed by atoms with van der Waals surface area (Å²) in [6.07, 6.45) is 0.339. The van der Waals surface area contributed by atoms with Crippen molar-refractivity contribution in [2.45, 2.75) is 18.4 Å². The Hall–Kier alpha value is -2.57. The van der Waals surface area contributed by atoms with Crippen LogP contribution in [0.1, 0.15) is 12.0 Å². The van der Waals surface area contributed by atoms with Crippen LogP contribution in [-0.4, -0.2) is 69.9 Å². The van der Waals surface area contributed by atoms with E-state index in [-0.39, 0.29) is 40.9 Å². The highest BCUT2D eigenvalue weighted by Crippen LogP contribution is 2.50. The number of β-lactam (4-membered cyclic amide) rings is 1. The van der Waals surface area contributed by atoms with E-state index in [0.717, 1.165) is 0 Å². The zero-order valence-electron chi connectivity index (χ0n) is 16.4. The molecule has 2 fully saturated rings. The number of nitro benzene ring substituents is 1. The van der Waals surface area contributed by atoms with Crippen LogP contribution in [-0.2, 0) is 30.5 Å². The Balaban J connectivity index is 1.40. The van der Waals surface area contributed by atoms with E-state index in [2.05, 4.69) is 0 Å². The molecule has 0 unspecified atom stereocenters. The number of carbonyl (C=O) groups excluding carboxylic acids is 3. The van der Waals surface area contributed by atoms with Gasteiger partial charge in [0.15, 0.2) is 5.70 Å². The van der Waals surface area contributed by atoms with Gasteiger partial charge in [0, 0.05) is 25.2 Å². The first-order chi connectivity index (χ1) is 14.9. The molecule has 1 aromatic rings. The molecule has 0 saturated carbocycles. The minimum Gasteiger partial charge on any atom is -0.456 e. The Morgan fingerprint density at radius 2 is 1.97 bits per heavy atom. The summed E-state index contributed by atoms with van der Waals surface area (Å²) in [4.78, 5) is 50.6. The van der Waals surface area contributed by atoms with E-state index in [1.807, 2.05) is 0 Å². The molecule has 0 radical (unpaired) electrons. The van der Waals surface area contributed by atoms with Crippen LogP contribution < -0.4 is 0 Å². The van der Waals surface area contributed by atoms with Crippen molar-refractivity contribution >= 4 is 47.0 Å². The normalized spacial score (nSPS) is 20.4. The summed E-state index contributed by atoms with van der Waals surface area (Å²) in [7, 11) is 0. The number of hydrogen-bond donors (Lipinski definition) is 0. The molecule has 0 aliphatic carbocycles. The number of non-ortho nitro benzene ring substituents is 1. The summed E-state index contributed by atoms with van der Waals surface area (Å²) < 4.78 is 11.2. The van der Waals surface area contributed by atoms with Gasteiger partial charge in [-0.05, 0) is 17.7 Å². The largest absolute Gasteiger partial charge is 0.456 e. The van der Waals surface area contributed by atoms with E-state index < -0.39 is 10.9 Å². The predicted octanol–water partition coefficient (Wildman–Crippen LogP) is 1.70. The molecular weight excluding hydrogens is 446 g/mol. The highest BCUT2D eigenvalue weighted by atomic mass is 32.2. The molecule has 2 saturated heterocycles. The van der Waals surface area contributed by atoms with Crippen LogP contribution in [0.2, 0.25) is 0 Å². The fourth-order valence-electron chi connectivity index (χ4n) is 3.27. The van der Waals surface area contributed by atoms with Crippen molar-refractivity contribution in [2.24, 2.45) is 0 Å². The number of esters is 1. The summed E-state index contributed by atoms with van der Waals surface area (Å²) in [5.41, 5.74) is 0.712. The third kappa shape index (κ3) is 4.70. The number of nitro groups is 1. The molecule has 0 aromatic heterocycles. The highest BCUT2D eigenvalue weighted by Gasteiger charge is 2.49. The Morgan fingerprint density at radius 3 is 2.61 bits per heavy atom. The number of benzene rings is 1. The Kier molecular flexibility index (Phi) is 6.49. The third-order valence-corrected chi connectivity index (χ3v) is 7.53. The first-order valence-electron chi connectivity index (χ1n) is 9.56. The maximum atomic E-state index is 12.8. The Morgan fingerprint density at radius 1 is 1.26 bits per heavy atom. The van der Waals surface area contributed by atoms with Gasteiger partial charge in [-0.2, -0.15) is 0 Å². The molecule has 0 spiro atoms. The van der Waals surface area contributed by atoms with Crippen LogP contribution in [0.25, 0.3) is 0 Å². The maximum absolute atomic E-state index is 12.8. The van der Waals surface area contributed by atoms with Gasteiger partial charge in [0.2, 0.25) is 11.8 Å². The van der Waals surface area contributed by atoms with Crippen LogP contribution in [0.5, 0.6) is 0 Å². The summed E-state index contributed by atoms with van der Waals surface area (Å²) in [6.45, 7) is 2.03. The highest BCUT2D eigenvalue weighted by molar-refractivity contribution is 8.23. The smallest absolute Gasteiger partial charge is 0.357 e. The first-order valence-corrected chi connectivity index (χ1v) is 11.4. The number of amides is 2. The van der Waals surface area contributed by atoms with E-state index in [4.69, 9.17) is 9.47 Å². The van der Waals surface area contributed by atoms with Gasteiger partial charge in [0.25, 0.3) is 5.69 Å². The van der Waals surface area contributed by atoms with E-state index in [1.165, 1.54) is 52.7 Å².